The first-order valence-corrected chi connectivity index (χ1v) is 10.3. The van der Waals surface area contributed by atoms with Gasteiger partial charge >= 0.3 is 0 Å². The third-order valence-corrected chi connectivity index (χ3v) is 5.51. The summed E-state index contributed by atoms with van der Waals surface area (Å²) >= 11 is 11.3. The highest BCUT2D eigenvalue weighted by atomic mass is 79.9. The second-order valence-corrected chi connectivity index (χ2v) is 8.25. The Labute approximate surface area is 170 Å². The summed E-state index contributed by atoms with van der Waals surface area (Å²) in [5.74, 6) is 1.84. The van der Waals surface area contributed by atoms with Crippen LogP contribution in [0.1, 0.15) is 36.7 Å². The molecule has 0 saturated carbocycles. The second-order valence-electron chi connectivity index (χ2n) is 5.99. The van der Waals surface area contributed by atoms with E-state index in [9.17, 15) is 0 Å². The minimum absolute atomic E-state index is 0.216. The number of halogens is 2. The third kappa shape index (κ3) is 4.75. The van der Waals surface area contributed by atoms with Crippen LogP contribution in [0.4, 0.5) is 0 Å². The Kier molecular flexibility index (Phi) is 6.51. The van der Waals surface area contributed by atoms with Crippen molar-refractivity contribution in [2.24, 2.45) is 5.10 Å². The molecule has 1 heterocycles. The quantitative estimate of drug-likeness (QED) is 0.343. The fourth-order valence-corrected chi connectivity index (χ4v) is 3.56. The lowest BCUT2D eigenvalue weighted by atomic mass is 10.2. The Morgan fingerprint density at radius 2 is 1.88 bits per heavy atom. The smallest absolute Gasteiger partial charge is 0.191 e. The normalized spacial score (nSPS) is 11.6. The Morgan fingerprint density at radius 1 is 1.15 bits per heavy atom. The third-order valence-electron chi connectivity index (χ3n) is 3.65. The molecule has 3 rings (SSSR count). The summed E-state index contributed by atoms with van der Waals surface area (Å²) in [4.78, 5) is 0. The fourth-order valence-electron chi connectivity index (χ4n) is 2.26. The molecule has 0 aliphatic rings. The molecule has 0 fully saturated rings. The van der Waals surface area contributed by atoms with Crippen molar-refractivity contribution < 1.29 is 0 Å². The molecule has 2 aromatic carbocycles. The molecule has 0 bridgehead atoms. The standard InChI is InChI=1S/C19H18BrClN4S/c1-13(2)18-23-24-19(26-12-14-7-9-16(20)10-8-14)25(18)22-11-15-5-3-4-6-17(15)21/h3-11,13H,12H2,1-2H3/b22-11+. The molecule has 0 radical (unpaired) electrons. The Hall–Kier alpha value is -1.63. The molecule has 26 heavy (non-hydrogen) atoms. The zero-order chi connectivity index (χ0) is 18.5. The number of aromatic nitrogens is 3. The van der Waals surface area contributed by atoms with Crippen LogP contribution in [-0.2, 0) is 5.75 Å². The minimum Gasteiger partial charge on any atom is -0.191 e. The van der Waals surface area contributed by atoms with Gasteiger partial charge in [0.1, 0.15) is 0 Å². The average molecular weight is 450 g/mol. The van der Waals surface area contributed by atoms with E-state index in [0.717, 1.165) is 26.8 Å². The SMILES string of the molecule is CC(C)c1nnc(SCc2ccc(Br)cc2)n1/N=C/c1ccccc1Cl. The Balaban J connectivity index is 1.84. The van der Waals surface area contributed by atoms with Gasteiger partial charge in [-0.3, -0.25) is 0 Å². The molecule has 4 nitrogen and oxygen atoms in total. The monoisotopic (exact) mass is 448 g/mol. The molecule has 0 amide bonds. The zero-order valence-corrected chi connectivity index (χ0v) is 17.6. The van der Waals surface area contributed by atoms with Crippen molar-refractivity contribution >= 4 is 45.5 Å². The van der Waals surface area contributed by atoms with Crippen LogP contribution in [0.5, 0.6) is 0 Å². The van der Waals surface area contributed by atoms with Gasteiger partial charge in [-0.05, 0) is 23.8 Å². The lowest BCUT2D eigenvalue weighted by Gasteiger charge is -2.07. The van der Waals surface area contributed by atoms with Crippen LogP contribution in [0.3, 0.4) is 0 Å². The van der Waals surface area contributed by atoms with E-state index in [2.05, 4.69) is 57.2 Å². The number of thioether (sulfide) groups is 1. The predicted molar refractivity (Wildman–Crippen MR) is 112 cm³/mol. The molecule has 0 aliphatic heterocycles. The molecule has 0 spiro atoms. The summed E-state index contributed by atoms with van der Waals surface area (Å²) in [7, 11) is 0. The fraction of sp³-hybridized carbons (Fsp3) is 0.211. The summed E-state index contributed by atoms with van der Waals surface area (Å²) in [5, 5.41) is 14.7. The maximum atomic E-state index is 6.22. The van der Waals surface area contributed by atoms with E-state index in [4.69, 9.17) is 11.6 Å². The maximum absolute atomic E-state index is 6.22. The molecular weight excluding hydrogens is 432 g/mol. The molecule has 0 atom stereocenters. The van der Waals surface area contributed by atoms with E-state index < -0.39 is 0 Å². The summed E-state index contributed by atoms with van der Waals surface area (Å²) in [5.41, 5.74) is 2.08. The highest BCUT2D eigenvalue weighted by molar-refractivity contribution is 9.10. The van der Waals surface area contributed by atoms with Crippen LogP contribution in [-0.4, -0.2) is 21.1 Å². The number of rotatable bonds is 6. The molecular formula is C19H18BrClN4S. The van der Waals surface area contributed by atoms with Gasteiger partial charge in [-0.2, -0.15) is 9.78 Å². The highest BCUT2D eigenvalue weighted by Gasteiger charge is 2.15. The van der Waals surface area contributed by atoms with E-state index >= 15 is 0 Å². The number of hydrogen-bond acceptors (Lipinski definition) is 4. The molecule has 7 heteroatoms. The van der Waals surface area contributed by atoms with E-state index in [-0.39, 0.29) is 5.92 Å². The van der Waals surface area contributed by atoms with Crippen LogP contribution in [0, 0.1) is 0 Å². The van der Waals surface area contributed by atoms with Crippen LogP contribution >= 0.6 is 39.3 Å². The van der Waals surface area contributed by atoms with Crippen LogP contribution in [0.15, 0.2) is 63.3 Å². The molecule has 0 N–H and O–H groups in total. The first kappa shape index (κ1) is 19.1. The molecule has 0 aliphatic carbocycles. The van der Waals surface area contributed by atoms with Crippen molar-refractivity contribution in [2.45, 2.75) is 30.7 Å². The summed E-state index contributed by atoms with van der Waals surface area (Å²) in [6.45, 7) is 4.16. The Bertz CT molecular complexity index is 906. The summed E-state index contributed by atoms with van der Waals surface area (Å²) in [6, 6.07) is 15.9. The predicted octanol–water partition coefficient (Wildman–Crippen LogP) is 5.99. The van der Waals surface area contributed by atoms with E-state index in [1.807, 2.05) is 36.4 Å². The van der Waals surface area contributed by atoms with Crippen LogP contribution in [0.2, 0.25) is 5.02 Å². The largest absolute Gasteiger partial charge is 0.212 e. The van der Waals surface area contributed by atoms with E-state index in [1.54, 1.807) is 22.7 Å². The van der Waals surface area contributed by atoms with Crippen LogP contribution < -0.4 is 0 Å². The summed E-state index contributed by atoms with van der Waals surface area (Å²) in [6.07, 6.45) is 1.75. The van der Waals surface area contributed by atoms with E-state index in [1.165, 1.54) is 5.56 Å². The maximum Gasteiger partial charge on any atom is 0.212 e. The second kappa shape index (κ2) is 8.84. The Morgan fingerprint density at radius 3 is 2.58 bits per heavy atom. The topological polar surface area (TPSA) is 43.1 Å². The zero-order valence-electron chi connectivity index (χ0n) is 14.4. The van der Waals surface area contributed by atoms with Crippen molar-refractivity contribution in [1.82, 2.24) is 14.9 Å². The summed E-state index contributed by atoms with van der Waals surface area (Å²) < 4.78 is 2.87. The van der Waals surface area contributed by atoms with Gasteiger partial charge in [0.05, 0.1) is 6.21 Å². The van der Waals surface area contributed by atoms with Crippen molar-refractivity contribution in [1.29, 1.82) is 0 Å². The number of benzene rings is 2. The first-order chi connectivity index (χ1) is 12.5. The molecule has 134 valence electrons. The first-order valence-electron chi connectivity index (χ1n) is 8.16. The van der Waals surface area contributed by atoms with Crippen molar-refractivity contribution in [3.8, 4) is 0 Å². The van der Waals surface area contributed by atoms with Gasteiger partial charge in [0, 0.05) is 26.7 Å². The van der Waals surface area contributed by atoms with Gasteiger partial charge in [0.15, 0.2) is 5.82 Å². The van der Waals surface area contributed by atoms with Gasteiger partial charge in [-0.15, -0.1) is 10.2 Å². The molecule has 0 saturated heterocycles. The number of hydrogen-bond donors (Lipinski definition) is 0. The molecule has 0 unspecified atom stereocenters. The molecule has 1 aromatic heterocycles. The average Bonchev–Trinajstić information content (AvgIpc) is 3.04. The van der Waals surface area contributed by atoms with Gasteiger partial charge in [0.25, 0.3) is 0 Å². The lowest BCUT2D eigenvalue weighted by molar-refractivity contribution is 0.667. The van der Waals surface area contributed by atoms with Crippen molar-refractivity contribution in [2.75, 3.05) is 0 Å². The van der Waals surface area contributed by atoms with Gasteiger partial charge in [-0.25, -0.2) is 0 Å². The minimum atomic E-state index is 0.216. The van der Waals surface area contributed by atoms with Crippen LogP contribution in [0.25, 0.3) is 0 Å². The van der Waals surface area contributed by atoms with Crippen molar-refractivity contribution in [3.05, 3.63) is 75.0 Å². The molecule has 3 aromatic rings. The number of nitrogens with zero attached hydrogens (tertiary/aromatic N) is 4. The van der Waals surface area contributed by atoms with Gasteiger partial charge in [0.2, 0.25) is 5.16 Å². The van der Waals surface area contributed by atoms with Crippen molar-refractivity contribution in [3.63, 3.8) is 0 Å². The van der Waals surface area contributed by atoms with E-state index in [0.29, 0.717) is 5.02 Å². The lowest BCUT2D eigenvalue weighted by Crippen LogP contribution is -2.02. The van der Waals surface area contributed by atoms with Gasteiger partial charge < -0.3 is 0 Å². The van der Waals surface area contributed by atoms with Gasteiger partial charge in [-0.1, -0.05) is 83.5 Å². The highest BCUT2D eigenvalue weighted by Crippen LogP contribution is 2.25.